The molecule has 0 aliphatic carbocycles. The Morgan fingerprint density at radius 3 is 1.06 bits per heavy atom. The largest absolute Gasteiger partial charge is 0.179 e. The van der Waals surface area contributed by atoms with Crippen LogP contribution in [0.15, 0.2) is 243 Å². The maximum atomic E-state index is 2.54. The number of benzene rings is 13. The van der Waals surface area contributed by atoms with E-state index in [2.05, 4.69) is 243 Å². The van der Waals surface area contributed by atoms with Crippen LogP contribution in [0, 0.1) is 0 Å². The van der Waals surface area contributed by atoms with Crippen molar-refractivity contribution in [3.63, 3.8) is 0 Å². The first kappa shape index (κ1) is 35.9. The quantitative estimate of drug-likeness (QED) is 0.0854. The van der Waals surface area contributed by atoms with Crippen LogP contribution in [0.3, 0.4) is 0 Å². The molecule has 1 heteroatoms. The van der Waals surface area contributed by atoms with Gasteiger partial charge in [0.05, 0.1) is 0 Å². The summed E-state index contributed by atoms with van der Waals surface area (Å²) in [4.78, 5) is 0. The molecule has 13 aromatic rings. The van der Waals surface area contributed by atoms with Crippen molar-refractivity contribution >= 4 is 93.5 Å². The number of rotatable bonds is 7. The first-order valence-electron chi connectivity index (χ1n) is 22.0. The zero-order chi connectivity index (χ0) is 41.5. The second kappa shape index (κ2) is 14.1. The van der Waals surface area contributed by atoms with Gasteiger partial charge in [0.2, 0.25) is 0 Å². The Labute approximate surface area is 367 Å². The molecular weight excluding hydrogens is 773 g/mol. The van der Waals surface area contributed by atoms with Crippen LogP contribution in [0.5, 0.6) is 0 Å². The highest BCUT2D eigenvalue weighted by atomic mass is 28.3. The molecule has 0 amide bonds. The molecule has 0 aliphatic heterocycles. The summed E-state index contributed by atoms with van der Waals surface area (Å²) in [6, 6.07) is 91.8. The first-order valence-corrected chi connectivity index (χ1v) is 24.0. The van der Waals surface area contributed by atoms with Gasteiger partial charge in [-0.05, 0) is 131 Å². The van der Waals surface area contributed by atoms with Gasteiger partial charge in [-0.2, -0.15) is 0 Å². The lowest BCUT2D eigenvalue weighted by Gasteiger charge is -2.35. The summed E-state index contributed by atoms with van der Waals surface area (Å²) in [6.45, 7) is 0. The summed E-state index contributed by atoms with van der Waals surface area (Å²) >= 11 is 0. The molecule has 0 radical (unpaired) electrons. The fraction of sp³-hybridized carbons (Fsp3) is 0. The molecule has 0 N–H and O–H groups in total. The summed E-state index contributed by atoms with van der Waals surface area (Å²) in [7, 11) is -2.91. The molecule has 0 nitrogen and oxygen atoms in total. The highest BCUT2D eigenvalue weighted by molar-refractivity contribution is 7.20. The Morgan fingerprint density at radius 1 is 0.206 bits per heavy atom. The highest BCUT2D eigenvalue weighted by Crippen LogP contribution is 2.42. The molecule has 0 saturated carbocycles. The van der Waals surface area contributed by atoms with E-state index in [-0.39, 0.29) is 0 Å². The van der Waals surface area contributed by atoms with E-state index in [0.717, 1.165) is 0 Å². The molecule has 0 unspecified atom stereocenters. The van der Waals surface area contributed by atoms with Gasteiger partial charge in [0.15, 0.2) is 8.07 Å². The number of hydrogen-bond donors (Lipinski definition) is 0. The Morgan fingerprint density at radius 2 is 0.571 bits per heavy atom. The van der Waals surface area contributed by atoms with Gasteiger partial charge in [-0.3, -0.25) is 0 Å². The van der Waals surface area contributed by atoms with E-state index in [0.29, 0.717) is 0 Å². The SMILES string of the molecule is c1ccc([Si](c2ccccc2)(c2ccccc2)c2cc(-c3cccc(-c4ccc5ccc6cccc7ccc4c5c67)c3)cc(-c3ccc4ccc5cccc6ccc3c4c56)c2)cc1. The highest BCUT2D eigenvalue weighted by Gasteiger charge is 2.42. The summed E-state index contributed by atoms with van der Waals surface area (Å²) < 4.78 is 0. The van der Waals surface area contributed by atoms with Crippen molar-refractivity contribution in [2.24, 2.45) is 0 Å². The van der Waals surface area contributed by atoms with Crippen molar-refractivity contribution in [1.82, 2.24) is 0 Å². The molecule has 0 atom stereocenters. The topological polar surface area (TPSA) is 0 Å². The van der Waals surface area contributed by atoms with Crippen molar-refractivity contribution in [2.75, 3.05) is 0 Å². The average Bonchev–Trinajstić information content (AvgIpc) is 3.36. The summed E-state index contributed by atoms with van der Waals surface area (Å²) in [5.41, 5.74) is 7.38. The average molecular weight is 813 g/mol. The van der Waals surface area contributed by atoms with Crippen LogP contribution >= 0.6 is 0 Å². The third kappa shape index (κ3) is 5.47. The van der Waals surface area contributed by atoms with Crippen LogP contribution in [0.25, 0.3) is 98.0 Å². The second-order valence-corrected chi connectivity index (χ2v) is 21.0. The minimum absolute atomic E-state index is 1.20. The van der Waals surface area contributed by atoms with Crippen molar-refractivity contribution in [3.8, 4) is 33.4 Å². The molecule has 0 fully saturated rings. The van der Waals surface area contributed by atoms with E-state index >= 15 is 0 Å². The van der Waals surface area contributed by atoms with E-state index < -0.39 is 8.07 Å². The zero-order valence-electron chi connectivity index (χ0n) is 34.6. The minimum atomic E-state index is -2.91. The van der Waals surface area contributed by atoms with Gasteiger partial charge in [-0.15, -0.1) is 0 Å². The van der Waals surface area contributed by atoms with Gasteiger partial charge in [0, 0.05) is 0 Å². The van der Waals surface area contributed by atoms with E-state index in [1.807, 2.05) is 0 Å². The van der Waals surface area contributed by atoms with Crippen molar-refractivity contribution < 1.29 is 0 Å². The molecule has 13 aromatic carbocycles. The van der Waals surface area contributed by atoms with Gasteiger partial charge in [-0.25, -0.2) is 0 Å². The third-order valence-corrected chi connectivity index (χ3v) is 18.6. The predicted molar refractivity (Wildman–Crippen MR) is 274 cm³/mol. The second-order valence-electron chi connectivity index (χ2n) is 17.2. The summed E-state index contributed by atoms with van der Waals surface area (Å²) in [5.74, 6) is 0. The molecular formula is C62H40Si. The van der Waals surface area contributed by atoms with Crippen molar-refractivity contribution in [1.29, 1.82) is 0 Å². The molecule has 0 aliphatic rings. The van der Waals surface area contributed by atoms with Gasteiger partial charge in [-0.1, -0.05) is 231 Å². The van der Waals surface area contributed by atoms with Crippen LogP contribution in [-0.4, -0.2) is 8.07 Å². The molecule has 13 rings (SSSR count). The molecule has 63 heavy (non-hydrogen) atoms. The monoisotopic (exact) mass is 812 g/mol. The maximum absolute atomic E-state index is 2.91. The molecule has 292 valence electrons. The minimum Gasteiger partial charge on any atom is -0.0623 e. The van der Waals surface area contributed by atoms with Crippen LogP contribution in [0.1, 0.15) is 0 Å². The van der Waals surface area contributed by atoms with Crippen molar-refractivity contribution in [2.45, 2.75) is 0 Å². The van der Waals surface area contributed by atoms with Gasteiger partial charge in [0.1, 0.15) is 0 Å². The Bertz CT molecular complexity index is 3700. The van der Waals surface area contributed by atoms with Gasteiger partial charge in [0.25, 0.3) is 0 Å². The molecule has 0 aromatic heterocycles. The Kier molecular flexibility index (Phi) is 8.03. The molecule has 0 heterocycles. The van der Waals surface area contributed by atoms with Crippen LogP contribution in [0.4, 0.5) is 0 Å². The zero-order valence-corrected chi connectivity index (χ0v) is 35.6. The van der Waals surface area contributed by atoms with E-state index in [1.165, 1.54) is 119 Å². The Hall–Kier alpha value is -7.84. The summed E-state index contributed by atoms with van der Waals surface area (Å²) in [5, 5.41) is 21.1. The smallest absolute Gasteiger partial charge is 0.0623 e. The fourth-order valence-electron chi connectivity index (χ4n) is 11.1. The summed E-state index contributed by atoms with van der Waals surface area (Å²) in [6.07, 6.45) is 0. The first-order chi connectivity index (χ1) is 31.2. The fourth-order valence-corrected chi connectivity index (χ4v) is 15.9. The lowest BCUT2D eigenvalue weighted by molar-refractivity contribution is 1.60. The Balaban J connectivity index is 1.11. The lowest BCUT2D eigenvalue weighted by atomic mass is 9.88. The van der Waals surface area contributed by atoms with E-state index in [4.69, 9.17) is 0 Å². The number of hydrogen-bond acceptors (Lipinski definition) is 0. The van der Waals surface area contributed by atoms with Gasteiger partial charge >= 0.3 is 0 Å². The standard InChI is InChI=1S/C62H40Si/c1-4-19-51(20-5-1)63(52-21-6-2-7-22-52,53-23-8-3-9-24-53)54-39-49(38-50(40-54)56-34-30-46-28-26-42-14-11-16-44-32-36-58(56)62(46)60(42)44)47-17-12-18-48(37-47)55-33-29-45-27-25-41-13-10-15-43-31-35-57(55)61(45)59(41)43/h1-40H. The van der Waals surface area contributed by atoms with Crippen molar-refractivity contribution in [3.05, 3.63) is 243 Å². The predicted octanol–water partition coefficient (Wildman–Crippen LogP) is 13.9. The lowest BCUT2D eigenvalue weighted by Crippen LogP contribution is -2.74. The van der Waals surface area contributed by atoms with E-state index in [9.17, 15) is 0 Å². The molecule has 0 saturated heterocycles. The third-order valence-electron chi connectivity index (χ3n) is 13.9. The van der Waals surface area contributed by atoms with Gasteiger partial charge < -0.3 is 0 Å². The van der Waals surface area contributed by atoms with Crippen LogP contribution < -0.4 is 20.7 Å². The maximum Gasteiger partial charge on any atom is 0.179 e. The molecule has 0 spiro atoms. The van der Waals surface area contributed by atoms with Crippen LogP contribution in [-0.2, 0) is 0 Å². The van der Waals surface area contributed by atoms with Crippen LogP contribution in [0.2, 0.25) is 0 Å². The normalized spacial score (nSPS) is 12.1. The molecule has 0 bridgehead atoms. The van der Waals surface area contributed by atoms with E-state index in [1.54, 1.807) is 0 Å².